The Hall–Kier alpha value is -5.40. The van der Waals surface area contributed by atoms with Gasteiger partial charge in [0.05, 0.1) is 24.9 Å². The Morgan fingerprint density at radius 2 is 1.75 bits per heavy atom. The first-order valence-electron chi connectivity index (χ1n) is 15.4. The smallest absolute Gasteiger partial charge is 0.286 e. The number of nitrogens with zero attached hydrogens (tertiary/aromatic N) is 5. The summed E-state index contributed by atoms with van der Waals surface area (Å²) in [6.45, 7) is 5.70. The second-order valence-corrected chi connectivity index (χ2v) is 11.3. The molecule has 1 aliphatic heterocycles. The molecule has 3 heterocycles. The number of aromatic nitrogens is 3. The first-order chi connectivity index (χ1) is 23.3. The number of halogens is 2. The Morgan fingerprint density at radius 1 is 0.917 bits per heavy atom. The fraction of sp³-hybridized carbons (Fsp3) is 0.257. The van der Waals surface area contributed by atoms with Crippen LogP contribution in [0.4, 0.5) is 14.5 Å². The number of benzene rings is 3. The fourth-order valence-electron chi connectivity index (χ4n) is 5.40. The molecular weight excluding hydrogens is 622 g/mol. The second-order valence-electron chi connectivity index (χ2n) is 11.3. The number of fused-ring (bicyclic) bond motifs is 1. The molecule has 0 aliphatic carbocycles. The van der Waals surface area contributed by atoms with Crippen LogP contribution in [0.1, 0.15) is 16.9 Å². The number of pyridine rings is 1. The Bertz CT molecular complexity index is 2000. The summed E-state index contributed by atoms with van der Waals surface area (Å²) in [5.41, 5.74) is -0.335. The second kappa shape index (κ2) is 14.6. The summed E-state index contributed by atoms with van der Waals surface area (Å²) in [4.78, 5) is 38.9. The monoisotopic (exact) mass is 656 g/mol. The molecular formula is C35H34F2N6O5. The van der Waals surface area contributed by atoms with E-state index in [1.54, 1.807) is 31.5 Å². The summed E-state index contributed by atoms with van der Waals surface area (Å²) in [6, 6.07) is 14.3. The van der Waals surface area contributed by atoms with Crippen molar-refractivity contribution in [1.82, 2.24) is 24.3 Å². The van der Waals surface area contributed by atoms with Gasteiger partial charge in [-0.2, -0.15) is 0 Å². The lowest BCUT2D eigenvalue weighted by molar-refractivity contribution is 0.102. The van der Waals surface area contributed by atoms with Gasteiger partial charge in [-0.15, -0.1) is 0 Å². The van der Waals surface area contributed by atoms with Crippen LogP contribution in [0.2, 0.25) is 0 Å². The predicted molar refractivity (Wildman–Crippen MR) is 177 cm³/mol. The van der Waals surface area contributed by atoms with Gasteiger partial charge in [0, 0.05) is 74.5 Å². The molecule has 0 bridgehead atoms. The third kappa shape index (κ3) is 7.42. The zero-order chi connectivity index (χ0) is 33.6. The number of nitrogens with one attached hydrogen (secondary N) is 1. The highest BCUT2D eigenvalue weighted by Gasteiger charge is 2.18. The lowest BCUT2D eigenvalue weighted by atomic mass is 10.1. The molecule has 1 amide bonds. The van der Waals surface area contributed by atoms with Gasteiger partial charge in [-0.1, -0.05) is 6.07 Å². The van der Waals surface area contributed by atoms with Gasteiger partial charge in [0.15, 0.2) is 28.8 Å². The molecule has 1 aliphatic rings. The Morgan fingerprint density at radius 3 is 2.52 bits per heavy atom. The van der Waals surface area contributed by atoms with Crippen LogP contribution >= 0.6 is 0 Å². The molecule has 6 rings (SSSR count). The van der Waals surface area contributed by atoms with E-state index >= 15 is 4.39 Å². The van der Waals surface area contributed by atoms with Crippen LogP contribution < -0.4 is 25.1 Å². The minimum atomic E-state index is -0.858. The highest BCUT2D eigenvalue weighted by atomic mass is 19.1. The van der Waals surface area contributed by atoms with Crippen molar-refractivity contribution in [1.29, 1.82) is 0 Å². The molecule has 1 fully saturated rings. The molecule has 0 radical (unpaired) electrons. The van der Waals surface area contributed by atoms with Crippen LogP contribution in [0.25, 0.3) is 16.6 Å². The molecule has 0 spiro atoms. The fourth-order valence-corrected chi connectivity index (χ4v) is 5.40. The molecule has 1 saturated heterocycles. The van der Waals surface area contributed by atoms with Crippen molar-refractivity contribution in [2.75, 3.05) is 58.8 Å². The van der Waals surface area contributed by atoms with E-state index in [1.807, 2.05) is 0 Å². The number of anilines is 1. The van der Waals surface area contributed by atoms with Crippen molar-refractivity contribution in [3.05, 3.63) is 107 Å². The average Bonchev–Trinajstić information content (AvgIpc) is 3.08. The number of amides is 1. The van der Waals surface area contributed by atoms with Crippen LogP contribution in [0.3, 0.4) is 0 Å². The van der Waals surface area contributed by atoms with Gasteiger partial charge in [-0.3, -0.25) is 19.1 Å². The maximum absolute atomic E-state index is 15.3. The lowest BCUT2D eigenvalue weighted by Crippen LogP contribution is -2.44. The lowest BCUT2D eigenvalue weighted by Gasteiger charge is -2.32. The highest BCUT2D eigenvalue weighted by Crippen LogP contribution is 2.38. The summed E-state index contributed by atoms with van der Waals surface area (Å²) in [5, 5.41) is 3.07. The van der Waals surface area contributed by atoms with Crippen molar-refractivity contribution in [3.63, 3.8) is 0 Å². The average molecular weight is 657 g/mol. The number of piperazine rings is 1. The number of rotatable bonds is 11. The normalized spacial score (nSPS) is 13.8. The minimum absolute atomic E-state index is 0.0721. The van der Waals surface area contributed by atoms with E-state index in [9.17, 15) is 14.0 Å². The molecule has 48 heavy (non-hydrogen) atoms. The summed E-state index contributed by atoms with van der Waals surface area (Å²) in [7, 11) is 3.68. The molecule has 0 atom stereocenters. The van der Waals surface area contributed by atoms with Crippen molar-refractivity contribution in [2.24, 2.45) is 0 Å². The number of ether oxygens (including phenoxy) is 3. The van der Waals surface area contributed by atoms with E-state index in [0.29, 0.717) is 34.8 Å². The van der Waals surface area contributed by atoms with E-state index in [4.69, 9.17) is 14.2 Å². The third-order valence-electron chi connectivity index (χ3n) is 8.01. The van der Waals surface area contributed by atoms with Gasteiger partial charge >= 0.3 is 0 Å². The number of hydrogen-bond acceptors (Lipinski definition) is 9. The first kappa shape index (κ1) is 32.5. The molecule has 5 aromatic rings. The Balaban J connectivity index is 1.13. The SMILES string of the molecule is COc1cc2c(Oc3ccc(NC(=O)c4nccn(-c5cccc(F)c5)c4=O)cc3F)ccnc2cc1OCCCN1CCN(C)CC1. The first-order valence-corrected chi connectivity index (χ1v) is 15.4. The molecule has 0 saturated carbocycles. The number of carbonyl (C=O) groups is 1. The third-order valence-corrected chi connectivity index (χ3v) is 8.01. The summed E-state index contributed by atoms with van der Waals surface area (Å²) >= 11 is 0. The van der Waals surface area contributed by atoms with Crippen LogP contribution in [0.5, 0.6) is 23.0 Å². The van der Waals surface area contributed by atoms with Gasteiger partial charge in [-0.25, -0.2) is 13.8 Å². The van der Waals surface area contributed by atoms with E-state index in [0.717, 1.165) is 55.8 Å². The van der Waals surface area contributed by atoms with Crippen LogP contribution in [-0.4, -0.2) is 83.7 Å². The number of methoxy groups -OCH3 is 1. The molecule has 248 valence electrons. The largest absolute Gasteiger partial charge is 0.493 e. The number of likely N-dealkylation sites (N-methyl/N-ethyl adjacent to an activating group) is 1. The minimum Gasteiger partial charge on any atom is -0.493 e. The van der Waals surface area contributed by atoms with Gasteiger partial charge in [0.2, 0.25) is 0 Å². The highest BCUT2D eigenvalue weighted by molar-refractivity contribution is 6.02. The van der Waals surface area contributed by atoms with Gasteiger partial charge < -0.3 is 29.3 Å². The number of hydrogen-bond donors (Lipinski definition) is 1. The maximum Gasteiger partial charge on any atom is 0.286 e. The summed E-state index contributed by atoms with van der Waals surface area (Å²) < 4.78 is 47.7. The van der Waals surface area contributed by atoms with E-state index < -0.39 is 28.8 Å². The topological polar surface area (TPSA) is 111 Å². The van der Waals surface area contributed by atoms with Crippen molar-refractivity contribution < 1.29 is 27.8 Å². The molecule has 13 heteroatoms. The molecule has 1 N–H and O–H groups in total. The Kier molecular flexibility index (Phi) is 9.88. The molecule has 3 aromatic carbocycles. The quantitative estimate of drug-likeness (QED) is 0.194. The van der Waals surface area contributed by atoms with E-state index in [2.05, 4.69) is 32.1 Å². The van der Waals surface area contributed by atoms with Gasteiger partial charge in [-0.05, 0) is 55.9 Å². The van der Waals surface area contributed by atoms with Crippen LogP contribution in [-0.2, 0) is 0 Å². The van der Waals surface area contributed by atoms with Crippen molar-refractivity contribution in [2.45, 2.75) is 6.42 Å². The van der Waals surface area contributed by atoms with Gasteiger partial charge in [0.1, 0.15) is 11.6 Å². The van der Waals surface area contributed by atoms with E-state index in [1.165, 1.54) is 42.7 Å². The summed E-state index contributed by atoms with van der Waals surface area (Å²) in [5.74, 6) is -0.886. The molecule has 2 aromatic heterocycles. The van der Waals surface area contributed by atoms with Crippen molar-refractivity contribution in [3.8, 4) is 28.7 Å². The van der Waals surface area contributed by atoms with E-state index in [-0.39, 0.29) is 17.1 Å². The standard InChI is InChI=1S/C35H34F2N6O5/c1-41-14-16-42(17-15-41)12-4-18-47-32-22-28-26(21-31(32)46-2)29(9-10-38-28)48-30-8-7-24(20-27(30)37)40-34(44)33-35(45)43(13-11-39-33)25-6-3-5-23(36)19-25/h3,5-11,13,19-22H,4,12,14-18H2,1-2H3,(H,40,44). The Labute approximate surface area is 275 Å². The molecule has 0 unspecified atom stereocenters. The zero-order valence-corrected chi connectivity index (χ0v) is 26.5. The van der Waals surface area contributed by atoms with Crippen LogP contribution in [0.15, 0.2) is 84.0 Å². The van der Waals surface area contributed by atoms with Gasteiger partial charge in [0.25, 0.3) is 11.5 Å². The molecule has 11 nitrogen and oxygen atoms in total. The zero-order valence-electron chi connectivity index (χ0n) is 26.5. The predicted octanol–water partition coefficient (Wildman–Crippen LogP) is 5.13. The maximum atomic E-state index is 15.3. The van der Waals surface area contributed by atoms with Crippen molar-refractivity contribution >= 4 is 22.5 Å². The van der Waals surface area contributed by atoms with Crippen LogP contribution in [0, 0.1) is 11.6 Å². The summed E-state index contributed by atoms with van der Waals surface area (Å²) in [6.07, 6.45) is 4.99. The number of carbonyl (C=O) groups excluding carboxylic acids is 1.